The maximum Gasteiger partial charge on any atom is 0.168 e. The number of H-pyrrole nitrogens is 1. The Hall–Kier alpha value is -3.41. The summed E-state index contributed by atoms with van der Waals surface area (Å²) in [6.07, 6.45) is 3.39. The number of methoxy groups -OCH3 is 1. The molecule has 6 heteroatoms. The van der Waals surface area contributed by atoms with Crippen molar-refractivity contribution in [2.24, 2.45) is 0 Å². The molecule has 2 aromatic carbocycles. The second kappa shape index (κ2) is 8.08. The third kappa shape index (κ3) is 3.53. The van der Waals surface area contributed by atoms with Crippen molar-refractivity contribution in [2.45, 2.75) is 13.8 Å². The Balaban J connectivity index is 0.00000109. The number of fused-ring (bicyclic) bond motifs is 1. The third-order valence-electron chi connectivity index (χ3n) is 4.25. The summed E-state index contributed by atoms with van der Waals surface area (Å²) in [5.74, 6) is -1.44. The van der Waals surface area contributed by atoms with E-state index in [9.17, 15) is 8.78 Å². The number of benzene rings is 2. The Bertz CT molecular complexity index is 1120. The lowest BCUT2D eigenvalue weighted by molar-refractivity contribution is 0.386. The normalized spacial score (nSPS) is 10.5. The molecule has 0 aliphatic rings. The number of anilines is 1. The molecule has 4 rings (SSSR count). The van der Waals surface area contributed by atoms with Crippen LogP contribution in [0.4, 0.5) is 14.5 Å². The average molecular weight is 381 g/mol. The number of nitrogens with one attached hydrogen (secondary N) is 1. The fourth-order valence-corrected chi connectivity index (χ4v) is 3.07. The van der Waals surface area contributed by atoms with Crippen LogP contribution in [-0.4, -0.2) is 17.1 Å². The van der Waals surface area contributed by atoms with Gasteiger partial charge in [0.25, 0.3) is 0 Å². The Morgan fingerprint density at radius 2 is 1.79 bits per heavy atom. The van der Waals surface area contributed by atoms with Crippen LogP contribution in [0, 0.1) is 11.6 Å². The van der Waals surface area contributed by atoms with Gasteiger partial charge >= 0.3 is 0 Å². The van der Waals surface area contributed by atoms with Gasteiger partial charge in [-0.2, -0.15) is 0 Å². The minimum Gasteiger partial charge on any atom is -0.493 e. The SMILES string of the molecule is CC.COc1c(F)cc(F)cc1-c1c[nH]c2ncc(-c3cccc(N)c3)cc12. The molecular formula is C22H21F2N3O. The number of ether oxygens (including phenoxy) is 1. The summed E-state index contributed by atoms with van der Waals surface area (Å²) in [5, 5.41) is 0.730. The molecule has 0 saturated heterocycles. The monoisotopic (exact) mass is 381 g/mol. The van der Waals surface area contributed by atoms with E-state index in [1.165, 1.54) is 13.2 Å². The molecule has 3 N–H and O–H groups in total. The minimum absolute atomic E-state index is 0.0124. The predicted molar refractivity (Wildman–Crippen MR) is 109 cm³/mol. The van der Waals surface area contributed by atoms with E-state index in [2.05, 4.69) is 9.97 Å². The summed E-state index contributed by atoms with van der Waals surface area (Å²) < 4.78 is 33.0. The van der Waals surface area contributed by atoms with Crippen LogP contribution < -0.4 is 10.5 Å². The molecule has 2 aromatic heterocycles. The van der Waals surface area contributed by atoms with E-state index in [1.807, 2.05) is 38.1 Å². The summed E-state index contributed by atoms with van der Waals surface area (Å²) in [6.45, 7) is 4.00. The first-order chi connectivity index (χ1) is 13.6. The predicted octanol–water partition coefficient (Wildman–Crippen LogP) is 5.79. The maximum absolute atomic E-state index is 14.1. The highest BCUT2D eigenvalue weighted by Crippen LogP contribution is 2.38. The molecule has 0 atom stereocenters. The number of halogens is 2. The van der Waals surface area contributed by atoms with E-state index in [-0.39, 0.29) is 5.75 Å². The standard InChI is InChI=1S/C20H15F2N3O.C2H6/c1-26-19-15(7-13(21)8-18(19)22)17-10-25-20-16(17)6-12(9-24-20)11-3-2-4-14(23)5-11;1-2/h2-10H,23H2,1H3,(H,24,25);1-2H3. The van der Waals surface area contributed by atoms with Gasteiger partial charge in [-0.15, -0.1) is 0 Å². The molecule has 0 amide bonds. The highest BCUT2D eigenvalue weighted by atomic mass is 19.1. The fourth-order valence-electron chi connectivity index (χ4n) is 3.07. The van der Waals surface area contributed by atoms with Gasteiger partial charge in [0.2, 0.25) is 0 Å². The lowest BCUT2D eigenvalue weighted by Crippen LogP contribution is -1.93. The van der Waals surface area contributed by atoms with Gasteiger partial charge in [0, 0.05) is 46.2 Å². The van der Waals surface area contributed by atoms with E-state index < -0.39 is 11.6 Å². The third-order valence-corrected chi connectivity index (χ3v) is 4.25. The number of nitrogen functional groups attached to an aromatic ring is 1. The molecule has 4 aromatic rings. The number of rotatable bonds is 3. The van der Waals surface area contributed by atoms with Crippen LogP contribution in [0.1, 0.15) is 13.8 Å². The molecular weight excluding hydrogens is 360 g/mol. The van der Waals surface area contributed by atoms with Gasteiger partial charge < -0.3 is 15.5 Å². The first kappa shape index (κ1) is 19.4. The van der Waals surface area contributed by atoms with Gasteiger partial charge in [-0.1, -0.05) is 26.0 Å². The van der Waals surface area contributed by atoms with Crippen LogP contribution in [0.15, 0.2) is 54.9 Å². The van der Waals surface area contributed by atoms with Crippen LogP contribution >= 0.6 is 0 Å². The summed E-state index contributed by atoms with van der Waals surface area (Å²) >= 11 is 0. The number of hydrogen-bond donors (Lipinski definition) is 2. The largest absolute Gasteiger partial charge is 0.493 e. The quantitative estimate of drug-likeness (QED) is 0.441. The Morgan fingerprint density at radius 1 is 1.00 bits per heavy atom. The summed E-state index contributed by atoms with van der Waals surface area (Å²) in [6, 6.07) is 11.4. The summed E-state index contributed by atoms with van der Waals surface area (Å²) in [5.41, 5.74) is 9.79. The molecule has 0 aliphatic heterocycles. The van der Waals surface area contributed by atoms with Gasteiger partial charge in [0.15, 0.2) is 11.6 Å². The van der Waals surface area contributed by atoms with Gasteiger partial charge in [0.1, 0.15) is 11.5 Å². The lowest BCUT2D eigenvalue weighted by atomic mass is 10.0. The fraction of sp³-hybridized carbons (Fsp3) is 0.136. The molecule has 28 heavy (non-hydrogen) atoms. The van der Waals surface area contributed by atoms with Crippen molar-refractivity contribution >= 4 is 16.7 Å². The zero-order valence-electron chi connectivity index (χ0n) is 15.9. The molecule has 0 saturated carbocycles. The van der Waals surface area contributed by atoms with Gasteiger partial charge in [-0.25, -0.2) is 13.8 Å². The zero-order valence-corrected chi connectivity index (χ0v) is 15.9. The van der Waals surface area contributed by atoms with E-state index in [0.717, 1.165) is 22.6 Å². The van der Waals surface area contributed by atoms with Crippen molar-refractivity contribution < 1.29 is 13.5 Å². The molecule has 0 bridgehead atoms. The molecule has 0 spiro atoms. The van der Waals surface area contributed by atoms with E-state index >= 15 is 0 Å². The molecule has 0 radical (unpaired) electrons. The van der Waals surface area contributed by atoms with Crippen molar-refractivity contribution in [3.8, 4) is 28.0 Å². The first-order valence-corrected chi connectivity index (χ1v) is 8.93. The summed E-state index contributed by atoms with van der Waals surface area (Å²) in [7, 11) is 1.35. The van der Waals surface area contributed by atoms with Crippen molar-refractivity contribution in [3.05, 3.63) is 66.5 Å². The molecule has 0 fully saturated rings. The zero-order chi connectivity index (χ0) is 20.3. The van der Waals surface area contributed by atoms with Crippen LogP contribution in [0.3, 0.4) is 0 Å². The first-order valence-electron chi connectivity index (χ1n) is 8.93. The number of hydrogen-bond acceptors (Lipinski definition) is 3. The topological polar surface area (TPSA) is 63.9 Å². The molecule has 0 aliphatic carbocycles. The second-order valence-corrected chi connectivity index (χ2v) is 5.92. The smallest absolute Gasteiger partial charge is 0.168 e. The molecule has 0 unspecified atom stereocenters. The van der Waals surface area contributed by atoms with E-state index in [4.69, 9.17) is 10.5 Å². The number of nitrogens with two attached hydrogens (primary N) is 1. The highest BCUT2D eigenvalue weighted by Gasteiger charge is 2.17. The highest BCUT2D eigenvalue weighted by molar-refractivity contribution is 5.97. The van der Waals surface area contributed by atoms with Gasteiger partial charge in [-0.05, 0) is 29.8 Å². The Labute approximate surface area is 162 Å². The number of nitrogens with zero attached hydrogens (tertiary/aromatic N) is 1. The molecule has 4 nitrogen and oxygen atoms in total. The molecule has 144 valence electrons. The average Bonchev–Trinajstić information content (AvgIpc) is 3.12. The van der Waals surface area contributed by atoms with Crippen LogP contribution in [0.25, 0.3) is 33.3 Å². The number of aromatic amines is 1. The van der Waals surface area contributed by atoms with Crippen molar-refractivity contribution in [1.82, 2.24) is 9.97 Å². The van der Waals surface area contributed by atoms with Crippen molar-refractivity contribution in [2.75, 3.05) is 12.8 Å². The Kier molecular flexibility index (Phi) is 5.59. The van der Waals surface area contributed by atoms with Gasteiger partial charge in [-0.3, -0.25) is 0 Å². The maximum atomic E-state index is 14.1. The molecule has 2 heterocycles. The summed E-state index contributed by atoms with van der Waals surface area (Å²) in [4.78, 5) is 7.44. The lowest BCUT2D eigenvalue weighted by Gasteiger charge is -2.09. The van der Waals surface area contributed by atoms with E-state index in [0.29, 0.717) is 22.5 Å². The van der Waals surface area contributed by atoms with E-state index in [1.54, 1.807) is 18.5 Å². The second-order valence-electron chi connectivity index (χ2n) is 5.92. The Morgan fingerprint density at radius 3 is 2.50 bits per heavy atom. The minimum atomic E-state index is -0.753. The van der Waals surface area contributed by atoms with Crippen LogP contribution in [0.5, 0.6) is 5.75 Å². The van der Waals surface area contributed by atoms with Crippen LogP contribution in [-0.2, 0) is 0 Å². The van der Waals surface area contributed by atoms with Gasteiger partial charge in [0.05, 0.1) is 7.11 Å². The van der Waals surface area contributed by atoms with Crippen LogP contribution in [0.2, 0.25) is 0 Å². The number of aromatic nitrogens is 2. The van der Waals surface area contributed by atoms with Crippen molar-refractivity contribution in [3.63, 3.8) is 0 Å². The number of pyridine rings is 1. The van der Waals surface area contributed by atoms with Crippen molar-refractivity contribution in [1.29, 1.82) is 0 Å².